The zero-order valence-electron chi connectivity index (χ0n) is 19.3. The molecule has 0 unspecified atom stereocenters. The predicted octanol–water partition coefficient (Wildman–Crippen LogP) is 2.90. The summed E-state index contributed by atoms with van der Waals surface area (Å²) >= 11 is 0. The van der Waals surface area contributed by atoms with E-state index in [-0.39, 0.29) is 36.1 Å². The van der Waals surface area contributed by atoms with E-state index in [0.29, 0.717) is 23.5 Å². The molecule has 0 spiro atoms. The van der Waals surface area contributed by atoms with Crippen LogP contribution < -0.4 is 0 Å². The minimum atomic E-state index is -0.400. The van der Waals surface area contributed by atoms with Crippen molar-refractivity contribution < 1.29 is 14.4 Å². The van der Waals surface area contributed by atoms with E-state index in [2.05, 4.69) is 26.7 Å². The summed E-state index contributed by atoms with van der Waals surface area (Å²) in [6.07, 6.45) is 4.32. The van der Waals surface area contributed by atoms with Gasteiger partial charge in [-0.05, 0) is 42.5 Å². The van der Waals surface area contributed by atoms with E-state index in [1.54, 1.807) is 24.3 Å². The quantitative estimate of drug-likeness (QED) is 0.587. The number of imide groups is 1. The van der Waals surface area contributed by atoms with Crippen LogP contribution in [0.2, 0.25) is 0 Å². The van der Waals surface area contributed by atoms with Gasteiger partial charge in [-0.25, -0.2) is 0 Å². The second-order valence-corrected chi connectivity index (χ2v) is 9.53. The van der Waals surface area contributed by atoms with E-state index in [4.69, 9.17) is 0 Å². The molecule has 1 fully saturated rings. The maximum absolute atomic E-state index is 14.1. The fraction of sp³-hybridized carbons (Fsp3) is 0.385. The van der Waals surface area contributed by atoms with E-state index in [0.717, 1.165) is 43.2 Å². The number of hydrogen-bond acceptors (Lipinski definition) is 6. The smallest absolute Gasteiger partial charge is 0.261 e. The van der Waals surface area contributed by atoms with Crippen molar-refractivity contribution in [3.63, 3.8) is 0 Å². The first-order valence-electron chi connectivity index (χ1n) is 12.2. The summed E-state index contributed by atoms with van der Waals surface area (Å²) in [5.41, 5.74) is 2.99. The molecule has 0 saturated heterocycles. The van der Waals surface area contributed by atoms with Crippen molar-refractivity contribution in [1.29, 1.82) is 0 Å². The second kappa shape index (κ2) is 8.72. The molecule has 1 saturated carbocycles. The monoisotopic (exact) mass is 470 g/mol. The topological polar surface area (TPSA) is 112 Å². The molecule has 3 aromatic rings. The van der Waals surface area contributed by atoms with Gasteiger partial charge in [-0.15, -0.1) is 10.2 Å². The zero-order valence-corrected chi connectivity index (χ0v) is 19.3. The highest BCUT2D eigenvalue weighted by atomic mass is 16.2. The molecule has 0 bridgehead atoms. The first kappa shape index (κ1) is 21.6. The minimum absolute atomic E-state index is 0.0376. The van der Waals surface area contributed by atoms with E-state index in [1.165, 1.54) is 4.90 Å². The summed E-state index contributed by atoms with van der Waals surface area (Å²) in [5.74, 6) is -0.330. The van der Waals surface area contributed by atoms with Crippen molar-refractivity contribution in [2.45, 2.75) is 44.1 Å². The first-order chi connectivity index (χ1) is 17.1. The number of aromatic amines is 1. The molecule has 6 rings (SSSR count). The van der Waals surface area contributed by atoms with E-state index in [9.17, 15) is 14.4 Å². The molecule has 3 atom stereocenters. The lowest BCUT2D eigenvalue weighted by atomic mass is 9.77. The Kier molecular flexibility index (Phi) is 5.39. The fourth-order valence-corrected chi connectivity index (χ4v) is 5.97. The Morgan fingerprint density at radius 3 is 2.43 bits per heavy atom. The summed E-state index contributed by atoms with van der Waals surface area (Å²) in [6.45, 7) is 0.674. The Labute approximate surface area is 202 Å². The molecular weight excluding hydrogens is 444 g/mol. The number of fused-ring (bicyclic) bond motifs is 2. The number of nitrogens with zero attached hydrogens (tertiary/aromatic N) is 5. The van der Waals surface area contributed by atoms with Gasteiger partial charge in [0.25, 0.3) is 11.8 Å². The van der Waals surface area contributed by atoms with Crippen LogP contribution in [-0.2, 0) is 11.2 Å². The van der Waals surface area contributed by atoms with Gasteiger partial charge in [-0.3, -0.25) is 19.3 Å². The van der Waals surface area contributed by atoms with Crippen LogP contribution in [0.15, 0.2) is 48.5 Å². The molecule has 3 heterocycles. The number of hydrogen-bond donors (Lipinski definition) is 1. The number of tetrazole rings is 1. The van der Waals surface area contributed by atoms with Crippen molar-refractivity contribution in [2.24, 2.45) is 5.92 Å². The van der Waals surface area contributed by atoms with E-state index >= 15 is 0 Å². The third-order valence-electron chi connectivity index (χ3n) is 7.71. The molecule has 9 heteroatoms. The van der Waals surface area contributed by atoms with Crippen molar-refractivity contribution in [3.05, 3.63) is 76.6 Å². The average molecular weight is 471 g/mol. The molecule has 2 aromatic carbocycles. The van der Waals surface area contributed by atoms with Crippen LogP contribution in [0.4, 0.5) is 0 Å². The Balaban J connectivity index is 1.34. The maximum atomic E-state index is 14.1. The molecule has 1 N–H and O–H groups in total. The van der Waals surface area contributed by atoms with Gasteiger partial charge in [0.05, 0.1) is 23.7 Å². The van der Waals surface area contributed by atoms with Crippen LogP contribution in [0.1, 0.15) is 75.3 Å². The SMILES string of the molecule is O=C1c2ccccc2C(=O)N1C[C@@H]1c2ccccc2CCN1C(=O)[C@@H]1CCCC[C@@H]1c1nn[nH]n1. The molecule has 0 radical (unpaired) electrons. The van der Waals surface area contributed by atoms with Crippen LogP contribution in [0.5, 0.6) is 0 Å². The highest BCUT2D eigenvalue weighted by Gasteiger charge is 2.43. The Bertz CT molecular complexity index is 1250. The third kappa shape index (κ3) is 3.62. The van der Waals surface area contributed by atoms with Gasteiger partial charge in [-0.1, -0.05) is 54.5 Å². The number of rotatable bonds is 4. The van der Waals surface area contributed by atoms with Gasteiger partial charge < -0.3 is 4.90 Å². The van der Waals surface area contributed by atoms with Crippen molar-refractivity contribution in [2.75, 3.05) is 13.1 Å². The summed E-state index contributed by atoms with van der Waals surface area (Å²) in [5, 5.41) is 14.6. The Morgan fingerprint density at radius 1 is 0.971 bits per heavy atom. The Morgan fingerprint density at radius 2 is 1.69 bits per heavy atom. The van der Waals surface area contributed by atoms with Gasteiger partial charge in [0.1, 0.15) is 0 Å². The van der Waals surface area contributed by atoms with Gasteiger partial charge in [0, 0.05) is 18.4 Å². The number of carbonyl (C=O) groups excluding carboxylic acids is 3. The molecule has 1 aromatic heterocycles. The number of H-pyrrole nitrogens is 1. The molecule has 9 nitrogen and oxygen atoms in total. The minimum Gasteiger partial charge on any atom is -0.333 e. The second-order valence-electron chi connectivity index (χ2n) is 9.53. The first-order valence-corrected chi connectivity index (χ1v) is 12.2. The highest BCUT2D eigenvalue weighted by Crippen LogP contribution is 2.40. The third-order valence-corrected chi connectivity index (χ3v) is 7.71. The lowest BCUT2D eigenvalue weighted by Crippen LogP contribution is -2.49. The number of nitrogens with one attached hydrogen (secondary N) is 1. The number of aromatic nitrogens is 4. The van der Waals surface area contributed by atoms with Crippen LogP contribution in [0, 0.1) is 5.92 Å². The van der Waals surface area contributed by atoms with Gasteiger partial charge in [0.2, 0.25) is 5.91 Å². The summed E-state index contributed by atoms with van der Waals surface area (Å²) in [7, 11) is 0. The standard InChI is InChI=1S/C26H26N6O3/c33-24(19-10-4-3-9-18(19)23-27-29-30-28-23)31-14-13-16-7-1-2-8-17(16)22(31)15-32-25(34)20-11-5-6-12-21(20)26(32)35/h1-2,5-8,11-12,18-19,22H,3-4,9-10,13-15H2,(H,27,28,29,30)/t18-,19+,22+/m0/s1. The largest absolute Gasteiger partial charge is 0.333 e. The molecule has 3 aliphatic rings. The molecule has 178 valence electrons. The van der Waals surface area contributed by atoms with Crippen molar-refractivity contribution in [3.8, 4) is 0 Å². The van der Waals surface area contributed by atoms with Gasteiger partial charge in [0.15, 0.2) is 5.82 Å². The van der Waals surface area contributed by atoms with Crippen LogP contribution in [0.3, 0.4) is 0 Å². The predicted molar refractivity (Wildman–Crippen MR) is 125 cm³/mol. The molecule has 35 heavy (non-hydrogen) atoms. The molecule has 2 aliphatic heterocycles. The highest BCUT2D eigenvalue weighted by molar-refractivity contribution is 6.21. The summed E-state index contributed by atoms with van der Waals surface area (Å²) in [4.78, 5) is 43.6. The molecular formula is C26H26N6O3. The number of carbonyl (C=O) groups is 3. The summed E-state index contributed by atoms with van der Waals surface area (Å²) < 4.78 is 0. The molecule has 3 amide bonds. The van der Waals surface area contributed by atoms with E-state index in [1.807, 2.05) is 23.1 Å². The average Bonchev–Trinajstić information content (AvgIpc) is 3.52. The van der Waals surface area contributed by atoms with Gasteiger partial charge >= 0.3 is 0 Å². The number of benzene rings is 2. The van der Waals surface area contributed by atoms with Gasteiger partial charge in [-0.2, -0.15) is 5.21 Å². The van der Waals surface area contributed by atoms with Crippen LogP contribution in [0.25, 0.3) is 0 Å². The number of amides is 3. The zero-order chi connectivity index (χ0) is 23.9. The van der Waals surface area contributed by atoms with Crippen molar-refractivity contribution >= 4 is 17.7 Å². The lowest BCUT2D eigenvalue weighted by Gasteiger charge is -2.42. The van der Waals surface area contributed by atoms with Crippen molar-refractivity contribution in [1.82, 2.24) is 30.4 Å². The summed E-state index contributed by atoms with van der Waals surface area (Å²) in [6, 6.07) is 14.5. The maximum Gasteiger partial charge on any atom is 0.261 e. The fourth-order valence-electron chi connectivity index (χ4n) is 5.97. The van der Waals surface area contributed by atoms with Crippen LogP contribution >= 0.6 is 0 Å². The molecule has 1 aliphatic carbocycles. The normalized spacial score (nSPS) is 23.8. The van der Waals surface area contributed by atoms with Crippen LogP contribution in [-0.4, -0.2) is 61.2 Å². The Hall–Kier alpha value is -3.88. The lowest BCUT2D eigenvalue weighted by molar-refractivity contribution is -0.140. The van der Waals surface area contributed by atoms with E-state index < -0.39 is 6.04 Å².